The molecular formula is C125H88Ir3N6S3-6. The van der Waals surface area contributed by atoms with E-state index in [0.29, 0.717) is 5.92 Å². The fourth-order valence-electron chi connectivity index (χ4n) is 16.5. The first-order chi connectivity index (χ1) is 66.2. The summed E-state index contributed by atoms with van der Waals surface area (Å²) in [6, 6.07) is 170. The quantitative estimate of drug-likeness (QED) is 0.101. The van der Waals surface area contributed by atoms with E-state index in [-0.39, 0.29) is 60.3 Å². The first kappa shape index (κ1) is 95.9. The molecule has 3 radical (unpaired) electrons. The Balaban J connectivity index is 0.000000123. The van der Waals surface area contributed by atoms with Gasteiger partial charge in [-0.2, -0.15) is 0 Å². The van der Waals surface area contributed by atoms with Gasteiger partial charge in [0.1, 0.15) is 0 Å². The minimum absolute atomic E-state index is 0. The second-order valence-electron chi connectivity index (χ2n) is 32.5. The van der Waals surface area contributed by atoms with Crippen LogP contribution in [-0.2, 0) is 66.7 Å². The summed E-state index contributed by atoms with van der Waals surface area (Å²) in [5, 5.41) is 7.98. The number of aromatic nitrogens is 6. The molecule has 0 N–H and O–H groups in total. The van der Waals surface area contributed by atoms with Crippen LogP contribution in [0.1, 0.15) is 25.2 Å². The van der Waals surface area contributed by atoms with Gasteiger partial charge in [0.05, 0.1) is 0 Å². The van der Waals surface area contributed by atoms with Crippen LogP contribution in [0.2, 0.25) is 0 Å². The molecule has 12 heteroatoms. The molecule has 137 heavy (non-hydrogen) atoms. The standard InChI is InChI=1S/3C29H18NS.C15H16N.C12H10N.C11H8N.3Ir/c3*1-2-16-28-25(12-1)26-14-7-13-24(29(26)31-28)22-10-5-8-20(18-22)21-9-6-11-23(19-21)27-15-3-4-17-30-27;1-12(2)11-14-9-6-10-15(16-14)13-7-4-3-5-8-13;1-10-6-5-9-12(13-10)11-7-3-2-4-8-11;1-2-6-10(7-3-1)11-8-4-5-9-12-11;;;/h3*1-10,12-19H;3-7,9-10,12H,11H2,1-2H3;2-7,9H,1H3;1-6,8-9H;;;/q6*-1;;;. The third kappa shape index (κ3) is 23.5. The summed E-state index contributed by atoms with van der Waals surface area (Å²) < 4.78 is 8.03. The Morgan fingerprint density at radius 3 is 0.839 bits per heavy atom. The predicted molar refractivity (Wildman–Crippen MR) is 566 cm³/mol. The van der Waals surface area contributed by atoms with Gasteiger partial charge in [0.25, 0.3) is 0 Å². The first-order valence-electron chi connectivity index (χ1n) is 44.7. The van der Waals surface area contributed by atoms with Crippen molar-refractivity contribution in [2.24, 2.45) is 5.92 Å². The third-order valence-corrected chi connectivity index (χ3v) is 26.6. The normalized spacial score (nSPS) is 10.7. The summed E-state index contributed by atoms with van der Waals surface area (Å²) >= 11 is 5.61. The summed E-state index contributed by atoms with van der Waals surface area (Å²) in [6.45, 7) is 6.42. The van der Waals surface area contributed by atoms with E-state index >= 15 is 0 Å². The Morgan fingerprint density at radius 1 is 0.226 bits per heavy atom. The van der Waals surface area contributed by atoms with Gasteiger partial charge in [-0.15, -0.1) is 248 Å². The van der Waals surface area contributed by atoms with Gasteiger partial charge in [0, 0.05) is 157 Å². The van der Waals surface area contributed by atoms with Crippen LogP contribution < -0.4 is 0 Å². The van der Waals surface area contributed by atoms with E-state index in [4.69, 9.17) is 0 Å². The Kier molecular flexibility index (Phi) is 32.8. The molecule has 0 bridgehead atoms. The molecule has 0 aliphatic heterocycles. The van der Waals surface area contributed by atoms with Crippen LogP contribution in [0.4, 0.5) is 0 Å². The molecule has 9 heterocycles. The van der Waals surface area contributed by atoms with Crippen LogP contribution in [0.25, 0.3) is 195 Å². The smallest absolute Gasteiger partial charge is 0.0433 e. The number of pyridine rings is 6. The fourth-order valence-corrected chi connectivity index (χ4v) is 20.2. The zero-order chi connectivity index (χ0) is 90.6. The SMILES string of the molecule is CC(C)Cc1cccc(-c2[c-]cccc2)n1.Cc1cccc(-c2[c-]cccc2)n1.[Ir].[Ir].[Ir].[c-]1ccc(-c2cccc(-c3cccc4c3sc3ccccc34)c2)cc1-c1ccccn1.[c-]1ccc(-c2cccc(-c3cccc4c3sc3ccccc34)c2)cc1-c1ccccn1.[c-]1ccc(-c2cccc(-c3cccc4c3sc3ccccc34)c2)cc1-c1ccccn1.[c-]1ccccc1-c1ccccn1. The van der Waals surface area contributed by atoms with E-state index in [0.717, 1.165) is 85.4 Å². The average molecular weight is 2350 g/mol. The Hall–Kier alpha value is -14.2. The van der Waals surface area contributed by atoms with E-state index in [1.807, 2.05) is 248 Å². The van der Waals surface area contributed by atoms with E-state index in [1.165, 1.54) is 127 Å². The molecule has 24 rings (SSSR count). The van der Waals surface area contributed by atoms with Crippen molar-refractivity contribution in [1.29, 1.82) is 0 Å². The van der Waals surface area contributed by atoms with Crippen molar-refractivity contribution in [3.8, 4) is 134 Å². The summed E-state index contributed by atoms with van der Waals surface area (Å²) in [6.07, 6.45) is 8.28. The van der Waals surface area contributed by atoms with Crippen LogP contribution in [-0.4, -0.2) is 29.9 Å². The van der Waals surface area contributed by atoms with Gasteiger partial charge in [0.2, 0.25) is 0 Å². The molecule has 0 unspecified atom stereocenters. The molecule has 0 spiro atoms. The number of aryl methyl sites for hydroxylation is 1. The number of nitrogens with zero attached hydrogens (tertiary/aromatic N) is 6. The molecule has 15 aromatic carbocycles. The van der Waals surface area contributed by atoms with E-state index in [1.54, 1.807) is 6.20 Å². The van der Waals surface area contributed by atoms with Crippen LogP contribution in [0.5, 0.6) is 0 Å². The first-order valence-corrected chi connectivity index (χ1v) is 47.2. The van der Waals surface area contributed by atoms with Crippen molar-refractivity contribution in [3.63, 3.8) is 0 Å². The van der Waals surface area contributed by atoms with Gasteiger partial charge in [-0.25, -0.2) is 0 Å². The number of hydrogen-bond acceptors (Lipinski definition) is 9. The van der Waals surface area contributed by atoms with E-state index in [9.17, 15) is 0 Å². The molecule has 24 aromatic rings. The molecule has 0 saturated heterocycles. The van der Waals surface area contributed by atoms with Gasteiger partial charge in [-0.3, -0.25) is 0 Å². The number of thiophene rings is 3. The van der Waals surface area contributed by atoms with Crippen LogP contribution in [0, 0.1) is 49.2 Å². The molecule has 0 aliphatic rings. The Labute approximate surface area is 853 Å². The van der Waals surface area contributed by atoms with Crippen molar-refractivity contribution >= 4 is 94.5 Å². The van der Waals surface area contributed by atoms with Crippen molar-refractivity contribution in [1.82, 2.24) is 29.9 Å². The number of benzene rings is 15. The van der Waals surface area contributed by atoms with Crippen LogP contribution in [0.3, 0.4) is 0 Å². The Bertz CT molecular complexity index is 7480. The van der Waals surface area contributed by atoms with Gasteiger partial charge >= 0.3 is 0 Å². The monoisotopic (exact) mass is 2350 g/mol. The molecular weight excluding hydrogens is 2260 g/mol. The maximum atomic E-state index is 4.65. The van der Waals surface area contributed by atoms with Crippen molar-refractivity contribution in [2.75, 3.05) is 0 Å². The van der Waals surface area contributed by atoms with Crippen LogP contribution in [0.15, 0.2) is 462 Å². The minimum Gasteiger partial charge on any atom is -0.305 e. The zero-order valence-corrected chi connectivity index (χ0v) is 84.7. The maximum absolute atomic E-state index is 4.65. The average Bonchev–Trinajstić information content (AvgIpc) is 1.63. The Morgan fingerprint density at radius 2 is 0.504 bits per heavy atom. The van der Waals surface area contributed by atoms with Crippen molar-refractivity contribution in [2.45, 2.75) is 27.2 Å². The second kappa shape index (κ2) is 46.8. The molecule has 669 valence electrons. The summed E-state index contributed by atoms with van der Waals surface area (Å²) in [4.78, 5) is 26.7. The topological polar surface area (TPSA) is 77.3 Å². The van der Waals surface area contributed by atoms with Crippen molar-refractivity contribution < 1.29 is 60.3 Å². The van der Waals surface area contributed by atoms with Gasteiger partial charge < -0.3 is 29.9 Å². The summed E-state index contributed by atoms with van der Waals surface area (Å²) in [7, 11) is 0. The number of fused-ring (bicyclic) bond motifs is 9. The van der Waals surface area contributed by atoms with Crippen LogP contribution >= 0.6 is 34.0 Å². The molecule has 0 aliphatic carbocycles. The number of hydrogen-bond donors (Lipinski definition) is 0. The molecule has 9 aromatic heterocycles. The molecule has 0 fully saturated rings. The molecule has 6 nitrogen and oxygen atoms in total. The number of rotatable bonds is 14. The largest absolute Gasteiger partial charge is 0.305 e. The van der Waals surface area contributed by atoms with Crippen molar-refractivity contribution in [3.05, 3.63) is 509 Å². The van der Waals surface area contributed by atoms with E-state index in [2.05, 4.69) is 329 Å². The molecule has 0 atom stereocenters. The third-order valence-electron chi connectivity index (χ3n) is 22.9. The predicted octanol–water partition coefficient (Wildman–Crippen LogP) is 33.9. The minimum atomic E-state index is 0. The molecule has 0 saturated carbocycles. The molecule has 0 amide bonds. The fraction of sp³-hybridized carbons (Fsp3) is 0.0400. The van der Waals surface area contributed by atoms with Gasteiger partial charge in [-0.1, -0.05) is 250 Å². The summed E-state index contributed by atoms with van der Waals surface area (Å²) in [5.74, 6) is 0.641. The maximum Gasteiger partial charge on any atom is 0.0433 e. The van der Waals surface area contributed by atoms with E-state index < -0.39 is 0 Å². The zero-order valence-electron chi connectivity index (χ0n) is 75.1. The summed E-state index contributed by atoms with van der Waals surface area (Å²) in [5.41, 5.74) is 28.8. The second-order valence-corrected chi connectivity index (χ2v) is 35.7. The van der Waals surface area contributed by atoms with Gasteiger partial charge in [0.15, 0.2) is 0 Å². The van der Waals surface area contributed by atoms with Gasteiger partial charge in [-0.05, 0) is 176 Å².